The monoisotopic (exact) mass is 271 g/mol. The Morgan fingerprint density at radius 2 is 2.11 bits per heavy atom. The molecule has 7 heteroatoms. The number of carbonyl (C=O) groups is 1. The van der Waals surface area contributed by atoms with Crippen molar-refractivity contribution in [2.24, 2.45) is 0 Å². The van der Waals surface area contributed by atoms with E-state index in [4.69, 9.17) is 9.84 Å². The quantitative estimate of drug-likeness (QED) is 0.827. The van der Waals surface area contributed by atoms with Crippen LogP contribution >= 0.6 is 0 Å². The molecule has 6 nitrogen and oxygen atoms in total. The highest BCUT2D eigenvalue weighted by atomic mass is 32.2. The van der Waals surface area contributed by atoms with E-state index in [9.17, 15) is 13.2 Å². The van der Waals surface area contributed by atoms with Gasteiger partial charge in [-0.15, -0.1) is 0 Å². The van der Waals surface area contributed by atoms with Crippen molar-refractivity contribution in [3.63, 3.8) is 0 Å². The Hall–Kier alpha value is -1.60. The first kappa shape index (κ1) is 12.8. The highest BCUT2D eigenvalue weighted by molar-refractivity contribution is 7.89. The molecule has 0 bridgehead atoms. The lowest BCUT2D eigenvalue weighted by molar-refractivity contribution is 0.0696. The maximum atomic E-state index is 12.0. The Labute approximate surface area is 105 Å². The first-order valence-corrected chi connectivity index (χ1v) is 6.86. The minimum absolute atomic E-state index is 0.0149. The van der Waals surface area contributed by atoms with Gasteiger partial charge in [-0.1, -0.05) is 0 Å². The standard InChI is InChI=1S/C11H13NO5S/c1-17-9-6-7(11(13)14)2-5-10(9)18(15,16)12-8-3-4-8/h2,5-6,8,12H,3-4H2,1H3,(H,13,14). The molecule has 0 radical (unpaired) electrons. The van der Waals surface area contributed by atoms with E-state index in [0.29, 0.717) is 0 Å². The summed E-state index contributed by atoms with van der Waals surface area (Å²) in [6.45, 7) is 0. The lowest BCUT2D eigenvalue weighted by atomic mass is 10.2. The first-order valence-electron chi connectivity index (χ1n) is 5.37. The molecule has 1 aliphatic rings. The Morgan fingerprint density at radius 3 is 2.61 bits per heavy atom. The van der Waals surface area contributed by atoms with E-state index in [-0.39, 0.29) is 22.3 Å². The van der Waals surface area contributed by atoms with Crippen molar-refractivity contribution >= 4 is 16.0 Å². The van der Waals surface area contributed by atoms with Gasteiger partial charge in [0.1, 0.15) is 10.6 Å². The highest BCUT2D eigenvalue weighted by Gasteiger charge is 2.30. The molecule has 0 spiro atoms. The van der Waals surface area contributed by atoms with Crippen molar-refractivity contribution < 1.29 is 23.1 Å². The third-order valence-corrected chi connectivity index (χ3v) is 4.16. The third-order valence-electron chi connectivity index (χ3n) is 2.60. The molecule has 18 heavy (non-hydrogen) atoms. The molecule has 2 rings (SSSR count). The van der Waals surface area contributed by atoms with Crippen LogP contribution in [-0.2, 0) is 10.0 Å². The van der Waals surface area contributed by atoms with Crippen LogP contribution < -0.4 is 9.46 Å². The molecule has 0 amide bonds. The summed E-state index contributed by atoms with van der Waals surface area (Å²) in [7, 11) is -2.35. The maximum Gasteiger partial charge on any atom is 0.335 e. The van der Waals surface area contributed by atoms with Gasteiger partial charge in [-0.05, 0) is 31.0 Å². The number of sulfonamides is 1. The van der Waals surface area contributed by atoms with Crippen LogP contribution in [0.1, 0.15) is 23.2 Å². The van der Waals surface area contributed by atoms with E-state index in [2.05, 4.69) is 4.72 Å². The van der Waals surface area contributed by atoms with Gasteiger partial charge in [-0.2, -0.15) is 0 Å². The summed E-state index contributed by atoms with van der Waals surface area (Å²) in [5, 5.41) is 8.83. The number of carboxylic acid groups (broad SMARTS) is 1. The summed E-state index contributed by atoms with van der Waals surface area (Å²) in [6.07, 6.45) is 1.66. The summed E-state index contributed by atoms with van der Waals surface area (Å²) in [5.74, 6) is -1.10. The molecule has 2 N–H and O–H groups in total. The average Bonchev–Trinajstić information content (AvgIpc) is 3.11. The second-order valence-electron chi connectivity index (χ2n) is 4.07. The van der Waals surface area contributed by atoms with Gasteiger partial charge in [0.05, 0.1) is 12.7 Å². The number of rotatable bonds is 5. The first-order chi connectivity index (χ1) is 8.44. The van der Waals surface area contributed by atoms with Gasteiger partial charge in [-0.3, -0.25) is 0 Å². The van der Waals surface area contributed by atoms with E-state index >= 15 is 0 Å². The SMILES string of the molecule is COc1cc(C(=O)O)ccc1S(=O)(=O)NC1CC1. The van der Waals surface area contributed by atoms with Crippen LogP contribution in [0.15, 0.2) is 23.1 Å². The van der Waals surface area contributed by atoms with Gasteiger partial charge in [0.2, 0.25) is 10.0 Å². The summed E-state index contributed by atoms with van der Waals surface area (Å²) in [6, 6.07) is 3.67. The van der Waals surface area contributed by atoms with Crippen molar-refractivity contribution in [2.45, 2.75) is 23.8 Å². The van der Waals surface area contributed by atoms with E-state index in [1.165, 1.54) is 25.3 Å². The number of hydrogen-bond acceptors (Lipinski definition) is 4. The molecule has 0 heterocycles. The second kappa shape index (κ2) is 4.58. The maximum absolute atomic E-state index is 12.0. The summed E-state index contributed by atoms with van der Waals surface area (Å²) in [5.41, 5.74) is -0.0165. The van der Waals surface area contributed by atoms with Crippen LogP contribution in [0.2, 0.25) is 0 Å². The van der Waals surface area contributed by atoms with Crippen molar-refractivity contribution in [1.82, 2.24) is 4.72 Å². The Morgan fingerprint density at radius 1 is 1.44 bits per heavy atom. The molecule has 0 aromatic heterocycles. The normalized spacial score (nSPS) is 15.4. The van der Waals surface area contributed by atoms with Crippen LogP contribution in [0.4, 0.5) is 0 Å². The van der Waals surface area contributed by atoms with Crippen LogP contribution in [0.25, 0.3) is 0 Å². The van der Waals surface area contributed by atoms with Gasteiger partial charge in [0.15, 0.2) is 0 Å². The number of ether oxygens (including phenoxy) is 1. The summed E-state index contributed by atoms with van der Waals surface area (Å²) < 4.78 is 31.5. The molecule has 0 aliphatic heterocycles. The van der Waals surface area contributed by atoms with Gasteiger partial charge in [-0.25, -0.2) is 17.9 Å². The topological polar surface area (TPSA) is 92.7 Å². The number of carboxylic acids is 1. The molecule has 98 valence electrons. The van der Waals surface area contributed by atoms with Crippen LogP contribution in [0, 0.1) is 0 Å². The van der Waals surface area contributed by atoms with Crippen LogP contribution in [0.5, 0.6) is 5.75 Å². The smallest absolute Gasteiger partial charge is 0.335 e. The van der Waals surface area contributed by atoms with Crippen LogP contribution in [0.3, 0.4) is 0 Å². The Bertz CT molecular complexity index is 577. The van der Waals surface area contributed by atoms with Crippen molar-refractivity contribution in [3.8, 4) is 5.75 Å². The number of nitrogens with one attached hydrogen (secondary N) is 1. The van der Waals surface area contributed by atoms with Crippen molar-refractivity contribution in [1.29, 1.82) is 0 Å². The molecule has 0 atom stereocenters. The Kier molecular flexibility index (Phi) is 3.27. The molecule has 1 fully saturated rings. The Balaban J connectivity index is 2.40. The summed E-state index contributed by atoms with van der Waals surface area (Å²) >= 11 is 0. The second-order valence-corrected chi connectivity index (χ2v) is 5.75. The zero-order valence-corrected chi connectivity index (χ0v) is 10.5. The predicted octanol–water partition coefficient (Wildman–Crippen LogP) is 0.834. The number of aromatic carboxylic acids is 1. The van der Waals surface area contributed by atoms with Gasteiger partial charge in [0.25, 0.3) is 0 Å². The molecular weight excluding hydrogens is 258 g/mol. The fourth-order valence-electron chi connectivity index (χ4n) is 1.51. The molecule has 1 saturated carbocycles. The van der Waals surface area contributed by atoms with E-state index in [1.54, 1.807) is 0 Å². The zero-order valence-electron chi connectivity index (χ0n) is 9.71. The largest absolute Gasteiger partial charge is 0.495 e. The highest BCUT2D eigenvalue weighted by Crippen LogP contribution is 2.28. The lowest BCUT2D eigenvalue weighted by Crippen LogP contribution is -2.26. The molecule has 1 aromatic carbocycles. The van der Waals surface area contributed by atoms with Gasteiger partial charge in [0, 0.05) is 6.04 Å². The number of benzene rings is 1. The molecular formula is C11H13NO5S. The van der Waals surface area contributed by atoms with Gasteiger partial charge < -0.3 is 9.84 Å². The third kappa shape index (κ3) is 2.62. The fourth-order valence-corrected chi connectivity index (χ4v) is 2.96. The van der Waals surface area contributed by atoms with E-state index in [1.807, 2.05) is 0 Å². The predicted molar refractivity (Wildman–Crippen MR) is 63.3 cm³/mol. The van der Waals surface area contributed by atoms with Crippen LogP contribution in [-0.4, -0.2) is 32.6 Å². The molecule has 0 unspecified atom stereocenters. The van der Waals surface area contributed by atoms with E-state index < -0.39 is 16.0 Å². The number of hydrogen-bond donors (Lipinski definition) is 2. The lowest BCUT2D eigenvalue weighted by Gasteiger charge is -2.10. The molecule has 1 aliphatic carbocycles. The molecule has 1 aromatic rings. The minimum Gasteiger partial charge on any atom is -0.495 e. The van der Waals surface area contributed by atoms with Crippen molar-refractivity contribution in [3.05, 3.63) is 23.8 Å². The average molecular weight is 271 g/mol. The molecule has 0 saturated heterocycles. The number of methoxy groups -OCH3 is 1. The fraction of sp³-hybridized carbons (Fsp3) is 0.364. The zero-order chi connectivity index (χ0) is 13.3. The minimum atomic E-state index is -3.65. The van der Waals surface area contributed by atoms with Crippen molar-refractivity contribution in [2.75, 3.05) is 7.11 Å². The van der Waals surface area contributed by atoms with E-state index in [0.717, 1.165) is 12.8 Å². The van der Waals surface area contributed by atoms with Gasteiger partial charge >= 0.3 is 5.97 Å². The summed E-state index contributed by atoms with van der Waals surface area (Å²) in [4.78, 5) is 10.8.